The molecule has 1 heterocycles. The van der Waals surface area contributed by atoms with E-state index in [4.69, 9.17) is 11.5 Å². The van der Waals surface area contributed by atoms with E-state index in [1.807, 2.05) is 11.8 Å². The Bertz CT molecular complexity index is 364. The molecule has 0 spiro atoms. The number of likely N-dealkylation sites (tertiary alicyclic amines) is 1. The van der Waals surface area contributed by atoms with Crippen LogP contribution in [0.5, 0.6) is 0 Å². The lowest BCUT2D eigenvalue weighted by Crippen LogP contribution is -2.49. The van der Waals surface area contributed by atoms with E-state index in [2.05, 4.69) is 0 Å². The quantitative estimate of drug-likeness (QED) is 0.816. The average Bonchev–Trinajstić information content (AvgIpc) is 2.75. The summed E-state index contributed by atoms with van der Waals surface area (Å²) in [7, 11) is 0. The first-order chi connectivity index (χ1) is 8.99. The minimum absolute atomic E-state index is 0. The van der Waals surface area contributed by atoms with Crippen LogP contribution < -0.4 is 11.5 Å². The Balaban J connectivity index is 0.00000200. The van der Waals surface area contributed by atoms with E-state index >= 15 is 0 Å². The summed E-state index contributed by atoms with van der Waals surface area (Å²) in [4.78, 5) is 25.5. The lowest BCUT2D eigenvalue weighted by Gasteiger charge is -2.37. The van der Waals surface area contributed by atoms with Crippen molar-refractivity contribution >= 4 is 24.2 Å². The Morgan fingerprint density at radius 1 is 1.20 bits per heavy atom. The van der Waals surface area contributed by atoms with E-state index in [0.717, 1.165) is 32.1 Å². The smallest absolute Gasteiger partial charge is 0.223 e. The van der Waals surface area contributed by atoms with Crippen molar-refractivity contribution in [3.63, 3.8) is 0 Å². The van der Waals surface area contributed by atoms with Gasteiger partial charge in [-0.05, 0) is 38.5 Å². The van der Waals surface area contributed by atoms with Crippen molar-refractivity contribution in [2.75, 3.05) is 6.54 Å². The van der Waals surface area contributed by atoms with Crippen LogP contribution in [0.4, 0.5) is 0 Å². The van der Waals surface area contributed by atoms with Gasteiger partial charge in [-0.3, -0.25) is 9.59 Å². The third-order valence-corrected chi connectivity index (χ3v) is 4.76. The molecule has 0 radical (unpaired) electrons. The summed E-state index contributed by atoms with van der Waals surface area (Å²) < 4.78 is 0. The van der Waals surface area contributed by atoms with Gasteiger partial charge in [0.15, 0.2) is 0 Å². The van der Waals surface area contributed by atoms with Crippen LogP contribution in [-0.4, -0.2) is 35.3 Å². The third-order valence-electron chi connectivity index (χ3n) is 4.76. The van der Waals surface area contributed by atoms with Gasteiger partial charge in [0.25, 0.3) is 0 Å². The number of piperidine rings is 1. The van der Waals surface area contributed by atoms with E-state index in [1.54, 1.807) is 0 Å². The number of hydrogen-bond acceptors (Lipinski definition) is 3. The molecule has 1 aliphatic heterocycles. The molecule has 5 nitrogen and oxygen atoms in total. The molecule has 0 aromatic rings. The molecule has 116 valence electrons. The molecule has 1 saturated heterocycles. The second-order valence-corrected chi connectivity index (χ2v) is 6.13. The summed E-state index contributed by atoms with van der Waals surface area (Å²) in [6.07, 6.45) is 5.38. The molecule has 0 bridgehead atoms. The minimum atomic E-state index is -0.290. The summed E-state index contributed by atoms with van der Waals surface area (Å²) in [5, 5.41) is 0. The van der Waals surface area contributed by atoms with Crippen molar-refractivity contribution in [2.45, 2.75) is 57.5 Å². The zero-order valence-corrected chi connectivity index (χ0v) is 12.9. The number of primary amides is 1. The molecule has 20 heavy (non-hydrogen) atoms. The molecule has 0 aromatic heterocycles. The van der Waals surface area contributed by atoms with Crippen LogP contribution in [0.2, 0.25) is 0 Å². The number of nitrogens with two attached hydrogens (primary N) is 2. The van der Waals surface area contributed by atoms with Crippen LogP contribution >= 0.6 is 12.4 Å². The molecule has 2 fully saturated rings. The van der Waals surface area contributed by atoms with Crippen LogP contribution in [0.25, 0.3) is 0 Å². The first-order valence-electron chi connectivity index (χ1n) is 7.33. The molecule has 2 rings (SSSR count). The van der Waals surface area contributed by atoms with Crippen LogP contribution in [0.1, 0.15) is 45.4 Å². The lowest BCUT2D eigenvalue weighted by molar-refractivity contribution is -0.138. The Kier molecular flexibility index (Phi) is 6.27. The van der Waals surface area contributed by atoms with Crippen LogP contribution in [0.15, 0.2) is 0 Å². The number of halogens is 1. The number of carbonyl (C=O) groups is 2. The summed E-state index contributed by atoms with van der Waals surface area (Å²) in [6, 6.07) is 0.372. The highest BCUT2D eigenvalue weighted by Crippen LogP contribution is 2.29. The molecular formula is C14H26ClN3O2. The maximum absolute atomic E-state index is 12.4. The molecular weight excluding hydrogens is 278 g/mol. The molecule has 2 amide bonds. The number of carbonyl (C=O) groups excluding carboxylic acids is 2. The molecule has 2 unspecified atom stereocenters. The van der Waals surface area contributed by atoms with Gasteiger partial charge in [-0.15, -0.1) is 12.4 Å². The fourth-order valence-electron chi connectivity index (χ4n) is 3.35. The molecule has 4 N–H and O–H groups in total. The zero-order chi connectivity index (χ0) is 14.0. The Hall–Kier alpha value is -0.810. The van der Waals surface area contributed by atoms with E-state index < -0.39 is 0 Å². The monoisotopic (exact) mass is 303 g/mol. The number of rotatable bonds is 3. The molecule has 1 saturated carbocycles. The van der Waals surface area contributed by atoms with Crippen molar-refractivity contribution in [2.24, 2.45) is 23.3 Å². The first-order valence-corrected chi connectivity index (χ1v) is 7.33. The molecule has 6 heteroatoms. The highest BCUT2D eigenvalue weighted by Gasteiger charge is 2.34. The van der Waals surface area contributed by atoms with Gasteiger partial charge in [-0.25, -0.2) is 0 Å². The maximum atomic E-state index is 12.4. The first kappa shape index (κ1) is 17.2. The van der Waals surface area contributed by atoms with E-state index in [0.29, 0.717) is 18.9 Å². The van der Waals surface area contributed by atoms with Gasteiger partial charge in [0, 0.05) is 25.0 Å². The van der Waals surface area contributed by atoms with Gasteiger partial charge in [-0.1, -0.05) is 6.42 Å². The zero-order valence-electron chi connectivity index (χ0n) is 12.1. The molecule has 2 aliphatic rings. The Morgan fingerprint density at radius 3 is 2.45 bits per heavy atom. The van der Waals surface area contributed by atoms with Gasteiger partial charge in [0.1, 0.15) is 0 Å². The number of hydrogen-bond donors (Lipinski definition) is 2. The van der Waals surface area contributed by atoms with Crippen molar-refractivity contribution in [3.8, 4) is 0 Å². The van der Waals surface area contributed by atoms with Crippen LogP contribution in [-0.2, 0) is 9.59 Å². The van der Waals surface area contributed by atoms with E-state index in [9.17, 15) is 9.59 Å². The Labute approximate surface area is 126 Å². The van der Waals surface area contributed by atoms with Crippen LogP contribution in [0.3, 0.4) is 0 Å². The second kappa shape index (κ2) is 7.27. The van der Waals surface area contributed by atoms with E-state index in [1.165, 1.54) is 0 Å². The van der Waals surface area contributed by atoms with Gasteiger partial charge in [-0.2, -0.15) is 0 Å². The minimum Gasteiger partial charge on any atom is -0.369 e. The lowest BCUT2D eigenvalue weighted by atomic mass is 9.91. The van der Waals surface area contributed by atoms with Gasteiger partial charge < -0.3 is 16.4 Å². The topological polar surface area (TPSA) is 89.4 Å². The van der Waals surface area contributed by atoms with Gasteiger partial charge in [0.05, 0.1) is 5.92 Å². The maximum Gasteiger partial charge on any atom is 0.223 e. The highest BCUT2D eigenvalue weighted by molar-refractivity contribution is 5.85. The molecule has 4 atom stereocenters. The summed E-state index contributed by atoms with van der Waals surface area (Å²) >= 11 is 0. The van der Waals surface area contributed by atoms with Gasteiger partial charge in [0.2, 0.25) is 11.8 Å². The summed E-state index contributed by atoms with van der Waals surface area (Å²) in [5.41, 5.74) is 11.4. The average molecular weight is 304 g/mol. The van der Waals surface area contributed by atoms with Crippen molar-refractivity contribution in [1.82, 2.24) is 4.90 Å². The van der Waals surface area contributed by atoms with Gasteiger partial charge >= 0.3 is 0 Å². The number of amides is 2. The summed E-state index contributed by atoms with van der Waals surface area (Å²) in [6.45, 7) is 2.53. The fraction of sp³-hybridized carbons (Fsp3) is 0.857. The van der Waals surface area contributed by atoms with E-state index in [-0.39, 0.29) is 42.2 Å². The summed E-state index contributed by atoms with van der Waals surface area (Å²) in [5.74, 6) is -0.0193. The van der Waals surface area contributed by atoms with Crippen LogP contribution in [0, 0.1) is 11.8 Å². The second-order valence-electron chi connectivity index (χ2n) is 6.13. The molecule has 1 aliphatic carbocycles. The normalized spacial score (nSPS) is 33.6. The Morgan fingerprint density at radius 2 is 1.90 bits per heavy atom. The van der Waals surface area contributed by atoms with Crippen molar-refractivity contribution in [3.05, 3.63) is 0 Å². The standard InChI is InChI=1S/C14H25N3O2.ClH/c1-9-5-6-11(14(16)19)8-17(9)13(18)7-10-3-2-4-12(10)15;/h9-12H,2-8,15H2,1H3,(H2,16,19);1H/t9?,10-,11?,12+;/m0./s1. The van der Waals surface area contributed by atoms with Crippen molar-refractivity contribution in [1.29, 1.82) is 0 Å². The fourth-order valence-corrected chi connectivity index (χ4v) is 3.35. The van der Waals surface area contributed by atoms with Crippen molar-refractivity contribution < 1.29 is 9.59 Å². The number of nitrogens with zero attached hydrogens (tertiary/aromatic N) is 1. The highest BCUT2D eigenvalue weighted by atomic mass is 35.5. The molecule has 0 aromatic carbocycles. The third kappa shape index (κ3) is 3.85. The predicted molar refractivity (Wildman–Crippen MR) is 80.3 cm³/mol. The predicted octanol–water partition coefficient (Wildman–Crippen LogP) is 1.04. The largest absolute Gasteiger partial charge is 0.369 e. The SMILES string of the molecule is CC1CCC(C(N)=O)CN1C(=O)C[C@@H]1CCC[C@H]1N.Cl.